The molecule has 1 unspecified atom stereocenters. The van der Waals surface area contributed by atoms with Crippen LogP contribution in [0.5, 0.6) is 17.2 Å². The van der Waals surface area contributed by atoms with Crippen molar-refractivity contribution in [2.24, 2.45) is 0 Å². The monoisotopic (exact) mass is 290 g/mol. The Labute approximate surface area is 121 Å². The lowest BCUT2D eigenvalue weighted by molar-refractivity contribution is 0.171. The molecule has 1 heterocycles. The SMILES string of the molecule is COc1cc(C(O)c2ccc(F)c(C)c2)cc2c1OCO2. The Morgan fingerprint density at radius 3 is 2.71 bits per heavy atom. The lowest BCUT2D eigenvalue weighted by Crippen LogP contribution is -2.01. The molecule has 0 saturated carbocycles. The fraction of sp³-hybridized carbons (Fsp3) is 0.250. The van der Waals surface area contributed by atoms with Gasteiger partial charge in [-0.15, -0.1) is 0 Å². The van der Waals surface area contributed by atoms with E-state index in [0.717, 1.165) is 0 Å². The highest BCUT2D eigenvalue weighted by Gasteiger charge is 2.23. The van der Waals surface area contributed by atoms with Crippen LogP contribution < -0.4 is 14.2 Å². The Morgan fingerprint density at radius 2 is 2.00 bits per heavy atom. The minimum absolute atomic E-state index is 0.126. The maximum Gasteiger partial charge on any atom is 0.231 e. The number of rotatable bonds is 3. The van der Waals surface area contributed by atoms with E-state index in [2.05, 4.69) is 0 Å². The summed E-state index contributed by atoms with van der Waals surface area (Å²) >= 11 is 0. The molecule has 4 nitrogen and oxygen atoms in total. The lowest BCUT2D eigenvalue weighted by atomic mass is 9.99. The summed E-state index contributed by atoms with van der Waals surface area (Å²) in [6.45, 7) is 1.78. The van der Waals surface area contributed by atoms with Crippen LogP contribution in [0.3, 0.4) is 0 Å². The molecule has 2 aromatic rings. The number of fused-ring (bicyclic) bond motifs is 1. The number of hydrogen-bond acceptors (Lipinski definition) is 4. The van der Waals surface area contributed by atoms with Crippen molar-refractivity contribution >= 4 is 0 Å². The topological polar surface area (TPSA) is 47.9 Å². The molecule has 0 amide bonds. The van der Waals surface area contributed by atoms with Crippen molar-refractivity contribution in [2.45, 2.75) is 13.0 Å². The van der Waals surface area contributed by atoms with Crippen LogP contribution in [0.15, 0.2) is 30.3 Å². The molecule has 1 aliphatic rings. The Bertz CT molecular complexity index is 684. The zero-order valence-corrected chi connectivity index (χ0v) is 11.7. The molecule has 0 saturated heterocycles. The van der Waals surface area contributed by atoms with Gasteiger partial charge in [-0.1, -0.05) is 12.1 Å². The number of ether oxygens (including phenoxy) is 3. The highest BCUT2D eigenvalue weighted by molar-refractivity contribution is 5.56. The van der Waals surface area contributed by atoms with Crippen molar-refractivity contribution < 1.29 is 23.7 Å². The van der Waals surface area contributed by atoms with Gasteiger partial charge in [-0.3, -0.25) is 0 Å². The van der Waals surface area contributed by atoms with E-state index in [4.69, 9.17) is 14.2 Å². The van der Waals surface area contributed by atoms with Gasteiger partial charge in [0, 0.05) is 0 Å². The molecule has 0 spiro atoms. The third kappa shape index (κ3) is 2.40. The maximum atomic E-state index is 13.3. The van der Waals surface area contributed by atoms with Crippen LogP contribution in [0.25, 0.3) is 0 Å². The average Bonchev–Trinajstić information content (AvgIpc) is 2.96. The fourth-order valence-electron chi connectivity index (χ4n) is 2.34. The molecule has 0 bridgehead atoms. The summed E-state index contributed by atoms with van der Waals surface area (Å²) in [6.07, 6.45) is -0.896. The quantitative estimate of drug-likeness (QED) is 0.944. The number of aryl methyl sites for hydroxylation is 1. The minimum Gasteiger partial charge on any atom is -0.493 e. The van der Waals surface area contributed by atoms with Gasteiger partial charge < -0.3 is 19.3 Å². The number of aliphatic hydroxyl groups excluding tert-OH is 1. The fourth-order valence-corrected chi connectivity index (χ4v) is 2.34. The van der Waals surface area contributed by atoms with Crippen molar-refractivity contribution in [1.82, 2.24) is 0 Å². The Morgan fingerprint density at radius 1 is 1.19 bits per heavy atom. The van der Waals surface area contributed by atoms with E-state index in [9.17, 15) is 9.50 Å². The standard InChI is InChI=1S/C16H15FO4/c1-9-5-10(3-4-12(9)17)15(18)11-6-13(19-2)16-14(7-11)20-8-21-16/h3-7,15,18H,8H2,1-2H3. The lowest BCUT2D eigenvalue weighted by Gasteiger charge is -2.15. The van der Waals surface area contributed by atoms with E-state index in [1.807, 2.05) is 0 Å². The number of hydrogen-bond donors (Lipinski definition) is 1. The van der Waals surface area contributed by atoms with Gasteiger partial charge in [-0.25, -0.2) is 4.39 Å². The van der Waals surface area contributed by atoms with E-state index in [1.165, 1.54) is 13.2 Å². The van der Waals surface area contributed by atoms with Crippen molar-refractivity contribution in [3.8, 4) is 17.2 Å². The molecular weight excluding hydrogens is 275 g/mol. The highest BCUT2D eigenvalue weighted by Crippen LogP contribution is 2.43. The second-order valence-electron chi connectivity index (χ2n) is 4.87. The molecule has 0 radical (unpaired) electrons. The summed E-state index contributed by atoms with van der Waals surface area (Å²) in [7, 11) is 1.52. The van der Waals surface area contributed by atoms with Crippen molar-refractivity contribution in [3.63, 3.8) is 0 Å². The van der Waals surface area contributed by atoms with E-state index in [-0.39, 0.29) is 12.6 Å². The van der Waals surface area contributed by atoms with Gasteiger partial charge >= 0.3 is 0 Å². The first-order valence-corrected chi connectivity index (χ1v) is 6.52. The van der Waals surface area contributed by atoms with Crippen molar-refractivity contribution in [3.05, 3.63) is 52.8 Å². The Hall–Kier alpha value is -2.27. The summed E-state index contributed by atoms with van der Waals surface area (Å²) in [5.41, 5.74) is 1.69. The van der Waals surface area contributed by atoms with Gasteiger partial charge in [0.05, 0.1) is 7.11 Å². The molecular formula is C16H15FO4. The summed E-state index contributed by atoms with van der Waals surface area (Å²) in [6, 6.07) is 7.92. The van der Waals surface area contributed by atoms with E-state index < -0.39 is 6.10 Å². The zero-order chi connectivity index (χ0) is 15.0. The first-order chi connectivity index (χ1) is 10.1. The van der Waals surface area contributed by atoms with E-state index >= 15 is 0 Å². The summed E-state index contributed by atoms with van der Waals surface area (Å²) < 4.78 is 29.2. The van der Waals surface area contributed by atoms with E-state index in [1.54, 1.807) is 31.2 Å². The highest BCUT2D eigenvalue weighted by atomic mass is 19.1. The maximum absolute atomic E-state index is 13.3. The molecule has 3 rings (SSSR count). The van der Waals surface area contributed by atoms with Gasteiger partial charge in [-0.05, 0) is 41.8 Å². The molecule has 0 fully saturated rings. The minimum atomic E-state index is -0.896. The van der Waals surface area contributed by atoms with Gasteiger partial charge in [-0.2, -0.15) is 0 Å². The molecule has 1 atom stereocenters. The molecule has 0 aromatic heterocycles. The van der Waals surface area contributed by atoms with Gasteiger partial charge in [0.2, 0.25) is 12.5 Å². The predicted octanol–water partition coefficient (Wildman–Crippen LogP) is 2.95. The Balaban J connectivity index is 2.01. The largest absolute Gasteiger partial charge is 0.493 e. The summed E-state index contributed by atoms with van der Waals surface area (Å²) in [5, 5.41) is 10.5. The van der Waals surface area contributed by atoms with E-state index in [0.29, 0.717) is 33.9 Å². The van der Waals surface area contributed by atoms with Crippen molar-refractivity contribution in [1.29, 1.82) is 0 Å². The number of methoxy groups -OCH3 is 1. The van der Waals surface area contributed by atoms with Crippen LogP contribution in [0.1, 0.15) is 22.8 Å². The third-order valence-electron chi connectivity index (χ3n) is 3.49. The summed E-state index contributed by atoms with van der Waals surface area (Å²) in [5.74, 6) is 1.26. The zero-order valence-electron chi connectivity index (χ0n) is 11.7. The van der Waals surface area contributed by atoms with Gasteiger partial charge in [0.1, 0.15) is 11.9 Å². The molecule has 1 N–H and O–H groups in total. The number of halogens is 1. The first kappa shape index (κ1) is 13.7. The van der Waals surface area contributed by atoms with Crippen LogP contribution in [0, 0.1) is 12.7 Å². The van der Waals surface area contributed by atoms with Crippen LogP contribution in [0.2, 0.25) is 0 Å². The number of aliphatic hydroxyl groups is 1. The van der Waals surface area contributed by atoms with Gasteiger partial charge in [0.15, 0.2) is 11.5 Å². The second kappa shape index (κ2) is 5.26. The van der Waals surface area contributed by atoms with Crippen molar-refractivity contribution in [2.75, 3.05) is 13.9 Å². The molecule has 110 valence electrons. The first-order valence-electron chi connectivity index (χ1n) is 6.52. The van der Waals surface area contributed by atoms with Crippen LogP contribution in [-0.4, -0.2) is 19.0 Å². The smallest absolute Gasteiger partial charge is 0.231 e. The molecule has 1 aliphatic heterocycles. The molecule has 2 aromatic carbocycles. The number of benzene rings is 2. The van der Waals surface area contributed by atoms with Gasteiger partial charge in [0.25, 0.3) is 0 Å². The normalized spacial score (nSPS) is 14.1. The average molecular weight is 290 g/mol. The predicted molar refractivity (Wildman–Crippen MR) is 74.3 cm³/mol. The van der Waals surface area contributed by atoms with Crippen LogP contribution in [0.4, 0.5) is 4.39 Å². The van der Waals surface area contributed by atoms with Crippen LogP contribution in [-0.2, 0) is 0 Å². The summed E-state index contributed by atoms with van der Waals surface area (Å²) in [4.78, 5) is 0. The van der Waals surface area contributed by atoms with Crippen LogP contribution >= 0.6 is 0 Å². The second-order valence-corrected chi connectivity index (χ2v) is 4.87. The molecule has 5 heteroatoms. The third-order valence-corrected chi connectivity index (χ3v) is 3.49. The molecule has 21 heavy (non-hydrogen) atoms. The molecule has 0 aliphatic carbocycles. The Kier molecular flexibility index (Phi) is 3.43.